The third-order valence-electron chi connectivity index (χ3n) is 4.85. The fourth-order valence-electron chi connectivity index (χ4n) is 3.06. The highest BCUT2D eigenvalue weighted by molar-refractivity contribution is 8.00. The standard InChI is InChI=1S/C17H28N6O2S/c1-4-18-15(25)19-14(24)12(3)26-17-21-20-16(23(17)13-5-6-13)22-9-7-11(2)8-10-22/h11-13H,4-10H2,1-3H3,(H2,18,19,24,25). The smallest absolute Gasteiger partial charge is 0.321 e. The van der Waals surface area contributed by atoms with Gasteiger partial charge in [0.15, 0.2) is 5.16 Å². The van der Waals surface area contributed by atoms with Crippen LogP contribution in [-0.2, 0) is 4.79 Å². The molecule has 8 nitrogen and oxygen atoms in total. The van der Waals surface area contributed by atoms with Crippen LogP contribution in [0, 0.1) is 5.92 Å². The third-order valence-corrected chi connectivity index (χ3v) is 5.91. The number of piperidine rings is 1. The largest absolute Gasteiger partial charge is 0.341 e. The van der Waals surface area contributed by atoms with Crippen LogP contribution in [0.1, 0.15) is 52.5 Å². The lowest BCUT2D eigenvalue weighted by Crippen LogP contribution is -2.42. The summed E-state index contributed by atoms with van der Waals surface area (Å²) in [6, 6.07) is -0.0303. The van der Waals surface area contributed by atoms with Gasteiger partial charge in [-0.05, 0) is 45.4 Å². The van der Waals surface area contributed by atoms with Crippen LogP contribution in [0.2, 0.25) is 0 Å². The van der Waals surface area contributed by atoms with Crippen molar-refractivity contribution < 1.29 is 9.59 Å². The number of hydrogen-bond donors (Lipinski definition) is 2. The molecule has 2 aliphatic rings. The summed E-state index contributed by atoms with van der Waals surface area (Å²) in [5.41, 5.74) is 0. The molecule has 144 valence electrons. The Kier molecular flexibility index (Phi) is 6.05. The van der Waals surface area contributed by atoms with Crippen LogP contribution in [0.5, 0.6) is 0 Å². The van der Waals surface area contributed by atoms with E-state index in [1.165, 1.54) is 24.6 Å². The molecule has 1 saturated heterocycles. The predicted molar refractivity (Wildman–Crippen MR) is 101 cm³/mol. The number of amides is 3. The number of anilines is 1. The molecule has 3 rings (SSSR count). The van der Waals surface area contributed by atoms with Crippen molar-refractivity contribution in [1.82, 2.24) is 25.4 Å². The zero-order valence-electron chi connectivity index (χ0n) is 15.7. The molecule has 2 fully saturated rings. The number of carbonyl (C=O) groups is 2. The van der Waals surface area contributed by atoms with Crippen LogP contribution in [-0.4, -0.2) is 51.6 Å². The van der Waals surface area contributed by atoms with E-state index < -0.39 is 11.3 Å². The lowest BCUT2D eigenvalue weighted by molar-refractivity contribution is -0.119. The first-order valence-corrected chi connectivity index (χ1v) is 10.3. The van der Waals surface area contributed by atoms with E-state index in [4.69, 9.17) is 0 Å². The Hall–Kier alpha value is -1.77. The molecule has 1 aromatic heterocycles. The average Bonchev–Trinajstić information content (AvgIpc) is 3.36. The fourth-order valence-corrected chi connectivity index (χ4v) is 3.97. The van der Waals surface area contributed by atoms with Crippen LogP contribution in [0.25, 0.3) is 0 Å². The van der Waals surface area contributed by atoms with E-state index in [1.807, 2.05) is 6.92 Å². The van der Waals surface area contributed by atoms with Gasteiger partial charge in [0.1, 0.15) is 0 Å². The minimum absolute atomic E-state index is 0.320. The molecule has 0 aromatic carbocycles. The van der Waals surface area contributed by atoms with Gasteiger partial charge in [0.25, 0.3) is 0 Å². The van der Waals surface area contributed by atoms with Crippen molar-refractivity contribution in [2.45, 2.75) is 62.9 Å². The second kappa shape index (κ2) is 8.28. The van der Waals surface area contributed by atoms with E-state index in [1.54, 1.807) is 6.92 Å². The van der Waals surface area contributed by atoms with E-state index in [2.05, 4.69) is 37.2 Å². The maximum Gasteiger partial charge on any atom is 0.321 e. The number of aromatic nitrogens is 3. The molecule has 2 heterocycles. The highest BCUT2D eigenvalue weighted by Gasteiger charge is 2.33. The van der Waals surface area contributed by atoms with Crippen molar-refractivity contribution in [2.24, 2.45) is 5.92 Å². The molecule has 1 aromatic rings. The van der Waals surface area contributed by atoms with Crippen LogP contribution in [0.3, 0.4) is 0 Å². The van der Waals surface area contributed by atoms with Gasteiger partial charge in [0.2, 0.25) is 11.9 Å². The quantitative estimate of drug-likeness (QED) is 0.735. The van der Waals surface area contributed by atoms with Crippen LogP contribution in [0.15, 0.2) is 5.16 Å². The van der Waals surface area contributed by atoms with E-state index >= 15 is 0 Å². The summed E-state index contributed by atoms with van der Waals surface area (Å²) in [5.74, 6) is 1.37. The summed E-state index contributed by atoms with van der Waals surface area (Å²) >= 11 is 1.36. The molecule has 1 aliphatic heterocycles. The SMILES string of the molecule is CCNC(=O)NC(=O)C(C)Sc1nnc(N2CCC(C)CC2)n1C1CC1. The zero-order valence-corrected chi connectivity index (χ0v) is 16.5. The van der Waals surface area contributed by atoms with Crippen LogP contribution in [0.4, 0.5) is 10.7 Å². The van der Waals surface area contributed by atoms with Gasteiger partial charge in [-0.25, -0.2) is 4.79 Å². The number of hydrogen-bond acceptors (Lipinski definition) is 6. The zero-order chi connectivity index (χ0) is 18.7. The molecule has 9 heteroatoms. The molecular weight excluding hydrogens is 352 g/mol. The molecule has 1 saturated carbocycles. The van der Waals surface area contributed by atoms with Crippen LogP contribution < -0.4 is 15.5 Å². The van der Waals surface area contributed by atoms with Gasteiger partial charge in [-0.1, -0.05) is 18.7 Å². The molecule has 0 spiro atoms. The van der Waals surface area contributed by atoms with Gasteiger partial charge in [0, 0.05) is 25.7 Å². The summed E-state index contributed by atoms with van der Waals surface area (Å²) in [6.45, 7) is 8.37. The van der Waals surface area contributed by atoms with Gasteiger partial charge in [0.05, 0.1) is 5.25 Å². The van der Waals surface area contributed by atoms with Gasteiger partial charge in [-0.15, -0.1) is 10.2 Å². The Labute approximate surface area is 158 Å². The van der Waals surface area contributed by atoms with E-state index in [9.17, 15) is 9.59 Å². The Bertz CT molecular complexity index is 652. The minimum Gasteiger partial charge on any atom is -0.341 e. The fraction of sp³-hybridized carbons (Fsp3) is 0.765. The maximum absolute atomic E-state index is 12.2. The van der Waals surface area contributed by atoms with Crippen molar-refractivity contribution in [1.29, 1.82) is 0 Å². The van der Waals surface area contributed by atoms with Crippen molar-refractivity contribution in [2.75, 3.05) is 24.5 Å². The van der Waals surface area contributed by atoms with Crippen molar-refractivity contribution in [3.8, 4) is 0 Å². The minimum atomic E-state index is -0.461. The number of thioether (sulfide) groups is 1. The number of imide groups is 1. The predicted octanol–water partition coefficient (Wildman–Crippen LogP) is 2.18. The first-order chi connectivity index (χ1) is 12.5. The molecule has 26 heavy (non-hydrogen) atoms. The van der Waals surface area contributed by atoms with Crippen molar-refractivity contribution in [3.63, 3.8) is 0 Å². The first-order valence-electron chi connectivity index (χ1n) is 9.44. The number of carbonyl (C=O) groups excluding carboxylic acids is 2. The van der Waals surface area contributed by atoms with E-state index in [0.717, 1.165) is 43.0 Å². The Morgan fingerprint density at radius 2 is 1.92 bits per heavy atom. The molecule has 1 unspecified atom stereocenters. The maximum atomic E-state index is 12.2. The van der Waals surface area contributed by atoms with Gasteiger partial charge >= 0.3 is 6.03 Å². The van der Waals surface area contributed by atoms with E-state index in [0.29, 0.717) is 12.6 Å². The second-order valence-electron chi connectivity index (χ2n) is 7.16. The normalized spacial score (nSPS) is 19.3. The summed E-state index contributed by atoms with van der Waals surface area (Å²) < 4.78 is 2.19. The molecule has 0 bridgehead atoms. The van der Waals surface area contributed by atoms with Gasteiger partial charge < -0.3 is 10.2 Å². The molecular formula is C17H28N6O2S. The Balaban J connectivity index is 1.68. The summed E-state index contributed by atoms with van der Waals surface area (Å²) in [5, 5.41) is 14.1. The number of urea groups is 1. The molecule has 1 aliphatic carbocycles. The number of rotatable bonds is 6. The highest BCUT2D eigenvalue weighted by Crippen LogP contribution is 2.42. The highest BCUT2D eigenvalue weighted by atomic mass is 32.2. The summed E-state index contributed by atoms with van der Waals surface area (Å²) in [4.78, 5) is 26.1. The van der Waals surface area contributed by atoms with Crippen molar-refractivity contribution >= 4 is 29.6 Å². The van der Waals surface area contributed by atoms with Crippen molar-refractivity contribution in [3.05, 3.63) is 0 Å². The lowest BCUT2D eigenvalue weighted by atomic mass is 10.00. The summed E-state index contributed by atoms with van der Waals surface area (Å²) in [7, 11) is 0. The third kappa shape index (κ3) is 4.49. The van der Waals surface area contributed by atoms with Gasteiger partial charge in [-0.2, -0.15) is 0 Å². The first kappa shape index (κ1) is 19.0. The lowest BCUT2D eigenvalue weighted by Gasteiger charge is -2.31. The number of nitrogens with zero attached hydrogens (tertiary/aromatic N) is 4. The van der Waals surface area contributed by atoms with E-state index in [-0.39, 0.29) is 5.91 Å². The topological polar surface area (TPSA) is 92.2 Å². The Morgan fingerprint density at radius 1 is 1.23 bits per heavy atom. The monoisotopic (exact) mass is 380 g/mol. The average molecular weight is 381 g/mol. The molecule has 2 N–H and O–H groups in total. The second-order valence-corrected chi connectivity index (χ2v) is 8.47. The molecule has 0 radical (unpaired) electrons. The van der Waals surface area contributed by atoms with Gasteiger partial charge in [-0.3, -0.25) is 14.7 Å². The summed E-state index contributed by atoms with van der Waals surface area (Å²) in [6.07, 6.45) is 4.60. The van der Waals surface area contributed by atoms with Crippen LogP contribution >= 0.6 is 11.8 Å². The molecule has 1 atom stereocenters. The Morgan fingerprint density at radius 3 is 2.54 bits per heavy atom. The molecule has 3 amide bonds. The number of nitrogens with one attached hydrogen (secondary N) is 2.